The Morgan fingerprint density at radius 2 is 1.77 bits per heavy atom. The largest absolute Gasteiger partial charge is 0.507 e. The van der Waals surface area contributed by atoms with Crippen molar-refractivity contribution in [3.63, 3.8) is 0 Å². The van der Waals surface area contributed by atoms with Gasteiger partial charge in [0.1, 0.15) is 47.2 Å². The second kappa shape index (κ2) is 12.3. The van der Waals surface area contributed by atoms with Crippen LogP contribution in [-0.2, 0) is 9.53 Å². The highest BCUT2D eigenvalue weighted by atomic mass is 16.7. The number of phenolic OH excluding ortho intramolecular Hbond substituents is 1. The molecule has 6 unspecified atom stereocenters. The van der Waals surface area contributed by atoms with Gasteiger partial charge >= 0.3 is 11.8 Å². The molecule has 3 aliphatic rings. The Morgan fingerprint density at radius 3 is 2.42 bits per heavy atom. The second-order valence-electron chi connectivity index (χ2n) is 9.67. The number of hydrogen-bond donors (Lipinski definition) is 8. The van der Waals surface area contributed by atoms with E-state index in [0.717, 1.165) is 11.8 Å². The van der Waals surface area contributed by atoms with E-state index in [1.807, 2.05) is 6.08 Å². The first-order valence-corrected chi connectivity index (χ1v) is 13.0. The number of amidine groups is 1. The van der Waals surface area contributed by atoms with Crippen LogP contribution in [-0.4, -0.2) is 97.4 Å². The Balaban J connectivity index is 1.35. The third-order valence-electron chi connectivity index (χ3n) is 6.82. The average Bonchev–Trinajstić information content (AvgIpc) is 3.39. The number of nitrogens with zero attached hydrogens (tertiary/aromatic N) is 1. The first kappa shape index (κ1) is 29.8. The fraction of sp³-hybridized carbons (Fsp3) is 0.321. The van der Waals surface area contributed by atoms with Gasteiger partial charge in [-0.15, -0.1) is 0 Å². The number of benzene rings is 2. The first-order valence-electron chi connectivity index (χ1n) is 13.0. The third-order valence-corrected chi connectivity index (χ3v) is 6.82. The highest BCUT2D eigenvalue weighted by Crippen LogP contribution is 2.51. The van der Waals surface area contributed by atoms with Crippen LogP contribution in [0.5, 0.6) is 28.7 Å². The lowest BCUT2D eigenvalue weighted by Gasteiger charge is -2.38. The molecule has 0 spiro atoms. The number of fused-ring (bicyclic) bond motifs is 1. The Labute approximate surface area is 243 Å². The van der Waals surface area contributed by atoms with Crippen molar-refractivity contribution in [2.75, 3.05) is 13.4 Å². The smallest absolute Gasteiger partial charge is 0.335 e. The van der Waals surface area contributed by atoms with Crippen LogP contribution in [0.1, 0.15) is 23.7 Å². The number of nitrogens with two attached hydrogens (primary N) is 1. The van der Waals surface area contributed by atoms with Crippen molar-refractivity contribution in [2.24, 2.45) is 4.99 Å². The molecule has 0 saturated carbocycles. The minimum atomic E-state index is -1.96. The molecule has 2 aromatic carbocycles. The quantitative estimate of drug-likeness (QED) is 0.152. The van der Waals surface area contributed by atoms with Crippen molar-refractivity contribution in [1.29, 1.82) is 0 Å². The SMILES string of the molecule is [NH2+]=C1C=CC(CCOc2ccc(C3C=C(O)c4c(cc(OC5OC(C(=O)O)C(O)C(O)C5O)c(OCO)c4O)O3)cc2)=N1. The Kier molecular flexibility index (Phi) is 8.52. The summed E-state index contributed by atoms with van der Waals surface area (Å²) in [6.07, 6.45) is -5.09. The molecule has 6 atom stereocenters. The van der Waals surface area contributed by atoms with Crippen LogP contribution < -0.4 is 24.4 Å². The predicted octanol–water partition coefficient (Wildman–Crippen LogP) is -1.04. The van der Waals surface area contributed by atoms with E-state index in [9.17, 15) is 40.5 Å². The topological polar surface area (TPSA) is 243 Å². The van der Waals surface area contributed by atoms with Crippen LogP contribution in [0, 0.1) is 0 Å². The summed E-state index contributed by atoms with van der Waals surface area (Å²) in [7, 11) is 0. The van der Waals surface area contributed by atoms with Crippen LogP contribution in [0.4, 0.5) is 0 Å². The zero-order chi connectivity index (χ0) is 30.8. The minimum absolute atomic E-state index is 0.106. The van der Waals surface area contributed by atoms with Gasteiger partial charge in [-0.05, 0) is 28.8 Å². The molecule has 3 aliphatic heterocycles. The maximum absolute atomic E-state index is 11.5. The number of phenols is 1. The standard InChI is InChI=1S/C28H28N2O13/c29-19-6-3-13(30-19)7-8-39-14-4-1-12(2-5-14)16-9-15(32)20-17(41-16)10-18(25(21(20)33)40-11-31)42-28-24(36)22(34)23(35)26(43-28)27(37)38/h1-6,9-10,16,22-24,26,28-29,31-36H,7-8,11H2,(H,37,38)/p+1. The number of aliphatic hydroxyl groups is 5. The van der Waals surface area contributed by atoms with Crippen molar-refractivity contribution in [2.45, 2.75) is 43.2 Å². The summed E-state index contributed by atoms with van der Waals surface area (Å²) in [5, 5.41) is 76.4. The van der Waals surface area contributed by atoms with Gasteiger partial charge in [-0.25, -0.2) is 4.79 Å². The fourth-order valence-electron chi connectivity index (χ4n) is 4.66. The van der Waals surface area contributed by atoms with E-state index in [2.05, 4.69) is 4.99 Å². The van der Waals surface area contributed by atoms with Gasteiger partial charge in [-0.2, -0.15) is 0 Å². The van der Waals surface area contributed by atoms with Gasteiger partial charge in [0.25, 0.3) is 0 Å². The molecule has 0 bridgehead atoms. The number of carboxylic acids is 1. The predicted molar refractivity (Wildman–Crippen MR) is 145 cm³/mol. The van der Waals surface area contributed by atoms with E-state index in [0.29, 0.717) is 30.2 Å². The lowest BCUT2D eigenvalue weighted by molar-refractivity contribution is -0.271. The first-order chi connectivity index (χ1) is 20.6. The van der Waals surface area contributed by atoms with Crippen LogP contribution in [0.25, 0.3) is 5.76 Å². The molecule has 9 N–H and O–H groups in total. The van der Waals surface area contributed by atoms with Crippen LogP contribution in [0.2, 0.25) is 0 Å². The number of carbonyl (C=O) groups is 1. The van der Waals surface area contributed by atoms with Gasteiger partial charge < -0.3 is 59.4 Å². The van der Waals surface area contributed by atoms with Gasteiger partial charge in [0, 0.05) is 24.6 Å². The molecule has 0 radical (unpaired) electrons. The molecule has 3 heterocycles. The number of aliphatic hydroxyl groups excluding tert-OH is 5. The second-order valence-corrected chi connectivity index (χ2v) is 9.67. The number of carboxylic acid groups (broad SMARTS) is 1. The van der Waals surface area contributed by atoms with E-state index < -0.39 is 72.6 Å². The zero-order valence-electron chi connectivity index (χ0n) is 22.3. The summed E-state index contributed by atoms with van der Waals surface area (Å²) < 4.78 is 27.5. The Bertz CT molecular complexity index is 1490. The molecule has 228 valence electrons. The molecular weight excluding hydrogens is 572 g/mol. The summed E-state index contributed by atoms with van der Waals surface area (Å²) in [5.41, 5.74) is 1.21. The molecule has 0 amide bonds. The van der Waals surface area contributed by atoms with Gasteiger partial charge in [-0.3, -0.25) is 5.41 Å². The van der Waals surface area contributed by atoms with E-state index >= 15 is 0 Å². The van der Waals surface area contributed by atoms with Crippen molar-refractivity contribution in [3.05, 3.63) is 59.7 Å². The van der Waals surface area contributed by atoms with E-state index in [1.165, 1.54) is 6.08 Å². The Morgan fingerprint density at radius 1 is 1.02 bits per heavy atom. The van der Waals surface area contributed by atoms with Crippen LogP contribution in [0.15, 0.2) is 53.6 Å². The molecule has 15 nitrogen and oxygen atoms in total. The van der Waals surface area contributed by atoms with Crippen LogP contribution >= 0.6 is 0 Å². The Hall–Kier alpha value is -4.67. The zero-order valence-corrected chi connectivity index (χ0v) is 22.3. The summed E-state index contributed by atoms with van der Waals surface area (Å²) in [5.74, 6) is -2.73. The van der Waals surface area contributed by atoms with Gasteiger partial charge in [0.05, 0.1) is 6.61 Å². The molecule has 1 saturated heterocycles. The molecule has 15 heteroatoms. The summed E-state index contributed by atoms with van der Waals surface area (Å²) in [6.45, 7) is -0.581. The molecule has 0 aliphatic carbocycles. The van der Waals surface area contributed by atoms with Crippen molar-refractivity contribution in [1.82, 2.24) is 0 Å². The molecule has 5 rings (SSSR count). The fourth-order valence-corrected chi connectivity index (χ4v) is 4.66. The monoisotopic (exact) mass is 601 g/mol. The van der Waals surface area contributed by atoms with Crippen molar-refractivity contribution in [3.8, 4) is 28.7 Å². The lowest BCUT2D eigenvalue weighted by atomic mass is 9.99. The maximum atomic E-state index is 11.5. The third kappa shape index (κ3) is 6.11. The molecule has 43 heavy (non-hydrogen) atoms. The van der Waals surface area contributed by atoms with Crippen LogP contribution in [0.3, 0.4) is 0 Å². The van der Waals surface area contributed by atoms with E-state index in [1.54, 1.807) is 30.3 Å². The number of ether oxygens (including phenoxy) is 5. The van der Waals surface area contributed by atoms with Crippen molar-refractivity contribution < 1.29 is 69.6 Å². The average molecular weight is 602 g/mol. The van der Waals surface area contributed by atoms with Gasteiger partial charge in [0.2, 0.25) is 12.0 Å². The number of aromatic hydroxyl groups is 1. The molecule has 0 aromatic heterocycles. The van der Waals surface area contributed by atoms with Gasteiger partial charge in [-0.1, -0.05) is 12.1 Å². The molecular formula is C28H29N2O13+. The number of aliphatic carboxylic acids is 1. The summed E-state index contributed by atoms with van der Waals surface area (Å²) >= 11 is 0. The summed E-state index contributed by atoms with van der Waals surface area (Å²) in [4.78, 5) is 15.6. The van der Waals surface area contributed by atoms with E-state index in [4.69, 9.17) is 29.1 Å². The summed E-state index contributed by atoms with van der Waals surface area (Å²) in [6, 6.07) is 7.98. The number of allylic oxidation sites excluding steroid dienone is 1. The lowest BCUT2D eigenvalue weighted by Crippen LogP contribution is -2.61. The molecule has 2 aromatic rings. The number of rotatable bonds is 10. The van der Waals surface area contributed by atoms with Gasteiger partial charge in [0.15, 0.2) is 30.1 Å². The minimum Gasteiger partial charge on any atom is -0.507 e. The highest BCUT2D eigenvalue weighted by molar-refractivity contribution is 6.13. The normalized spacial score (nSPS) is 26.2. The maximum Gasteiger partial charge on any atom is 0.335 e. The number of hydrogen-bond acceptors (Lipinski definition) is 12. The van der Waals surface area contributed by atoms with E-state index in [-0.39, 0.29) is 11.3 Å². The molecule has 1 fully saturated rings. The highest BCUT2D eigenvalue weighted by Gasteiger charge is 2.48. The number of aliphatic imine (C=N–C) groups is 1. The van der Waals surface area contributed by atoms with Crippen molar-refractivity contribution >= 4 is 23.3 Å².